The monoisotopic (exact) mass is 323 g/mol. The molecule has 1 heterocycles. The predicted octanol–water partition coefficient (Wildman–Crippen LogP) is 3.56. The van der Waals surface area contributed by atoms with Gasteiger partial charge in [0.2, 0.25) is 0 Å². The van der Waals surface area contributed by atoms with Crippen LogP contribution in [0.25, 0.3) is 11.1 Å². The molecule has 0 bridgehead atoms. The molecule has 2 N–H and O–H groups in total. The van der Waals surface area contributed by atoms with E-state index in [9.17, 15) is 0 Å². The molecule has 2 rings (SSSR count). The second kappa shape index (κ2) is 5.25. The molecule has 0 aliphatic rings. The number of nitrogens with zero attached hydrogens (tertiary/aromatic N) is 2. The fraction of sp³-hybridized carbons (Fsp3) is 0.357. The smallest absolute Gasteiger partial charge is 0.141 e. The van der Waals surface area contributed by atoms with Gasteiger partial charge in [0, 0.05) is 18.2 Å². The van der Waals surface area contributed by atoms with Gasteiger partial charge in [0.25, 0.3) is 0 Å². The summed E-state index contributed by atoms with van der Waals surface area (Å²) in [4.78, 5) is 0. The molecule has 1 aromatic carbocycles. The Balaban J connectivity index is 2.70. The SMILES string of the molecule is COc1c(Br)cc(C(C)C)cc1-c1cnn(C)c1N. The summed E-state index contributed by atoms with van der Waals surface area (Å²) in [5.74, 6) is 1.84. The number of nitrogens with two attached hydrogens (primary N) is 1. The molecule has 0 amide bonds. The van der Waals surface area contributed by atoms with Crippen LogP contribution in [0.3, 0.4) is 0 Å². The topological polar surface area (TPSA) is 53.1 Å². The van der Waals surface area contributed by atoms with Crippen LogP contribution in [-0.2, 0) is 7.05 Å². The van der Waals surface area contributed by atoms with Crippen molar-refractivity contribution in [1.29, 1.82) is 0 Å². The molecule has 0 radical (unpaired) electrons. The average molecular weight is 324 g/mol. The molecule has 19 heavy (non-hydrogen) atoms. The van der Waals surface area contributed by atoms with Crippen molar-refractivity contribution >= 4 is 21.7 Å². The summed E-state index contributed by atoms with van der Waals surface area (Å²) < 4.78 is 8.08. The third-order valence-corrected chi connectivity index (χ3v) is 3.80. The minimum atomic E-state index is 0.429. The molecule has 1 aromatic heterocycles. The first-order valence-corrected chi connectivity index (χ1v) is 6.90. The van der Waals surface area contributed by atoms with Crippen molar-refractivity contribution in [1.82, 2.24) is 9.78 Å². The molecule has 0 unspecified atom stereocenters. The Morgan fingerprint density at radius 1 is 1.32 bits per heavy atom. The Hall–Kier alpha value is -1.49. The Morgan fingerprint density at radius 3 is 2.47 bits per heavy atom. The molecule has 4 nitrogen and oxygen atoms in total. The second-order valence-corrected chi connectivity index (χ2v) is 5.66. The number of methoxy groups -OCH3 is 1. The third-order valence-electron chi connectivity index (χ3n) is 3.21. The van der Waals surface area contributed by atoms with Crippen molar-refractivity contribution in [2.24, 2.45) is 7.05 Å². The third kappa shape index (κ3) is 2.47. The maximum atomic E-state index is 6.06. The first kappa shape index (κ1) is 13.9. The van der Waals surface area contributed by atoms with Gasteiger partial charge in [-0.1, -0.05) is 13.8 Å². The number of benzene rings is 1. The van der Waals surface area contributed by atoms with Crippen molar-refractivity contribution in [3.05, 3.63) is 28.4 Å². The molecule has 0 fully saturated rings. The summed E-state index contributed by atoms with van der Waals surface area (Å²) in [5.41, 5.74) is 9.15. The highest BCUT2D eigenvalue weighted by atomic mass is 79.9. The number of halogens is 1. The van der Waals surface area contributed by atoms with Crippen LogP contribution in [0, 0.1) is 0 Å². The highest BCUT2D eigenvalue weighted by Gasteiger charge is 2.17. The van der Waals surface area contributed by atoms with Crippen LogP contribution in [0.2, 0.25) is 0 Å². The highest BCUT2D eigenvalue weighted by Crippen LogP contribution is 2.40. The molecule has 102 valence electrons. The predicted molar refractivity (Wildman–Crippen MR) is 81.4 cm³/mol. The average Bonchev–Trinajstić information content (AvgIpc) is 2.69. The summed E-state index contributed by atoms with van der Waals surface area (Å²) in [6.45, 7) is 4.31. The molecule has 0 saturated carbocycles. The Kier molecular flexibility index (Phi) is 3.85. The summed E-state index contributed by atoms with van der Waals surface area (Å²) in [6, 6.07) is 4.20. The normalized spacial score (nSPS) is 11.1. The summed E-state index contributed by atoms with van der Waals surface area (Å²) >= 11 is 3.56. The van der Waals surface area contributed by atoms with E-state index in [1.54, 1.807) is 18.0 Å². The van der Waals surface area contributed by atoms with E-state index in [4.69, 9.17) is 10.5 Å². The van der Waals surface area contributed by atoms with Crippen LogP contribution in [0.4, 0.5) is 5.82 Å². The summed E-state index contributed by atoms with van der Waals surface area (Å²) in [5, 5.41) is 4.19. The number of aromatic nitrogens is 2. The number of rotatable bonds is 3. The number of ether oxygens (including phenoxy) is 1. The quantitative estimate of drug-likeness (QED) is 0.939. The van der Waals surface area contributed by atoms with E-state index in [0.717, 1.165) is 21.3 Å². The number of hydrogen-bond acceptors (Lipinski definition) is 3. The standard InChI is InChI=1S/C14H18BrN3O/c1-8(2)9-5-10(13(19-4)12(15)6-9)11-7-17-18(3)14(11)16/h5-8H,16H2,1-4H3. The summed E-state index contributed by atoms with van der Waals surface area (Å²) in [7, 11) is 3.48. The van der Waals surface area contributed by atoms with E-state index in [0.29, 0.717) is 11.7 Å². The second-order valence-electron chi connectivity index (χ2n) is 4.81. The fourth-order valence-corrected chi connectivity index (χ4v) is 2.65. The molecule has 0 aliphatic carbocycles. The molecular weight excluding hydrogens is 306 g/mol. The lowest BCUT2D eigenvalue weighted by molar-refractivity contribution is 0.413. The molecule has 0 spiro atoms. The molecular formula is C14H18BrN3O. The Labute approximate surface area is 121 Å². The van der Waals surface area contributed by atoms with Gasteiger partial charge in [-0.2, -0.15) is 5.10 Å². The van der Waals surface area contributed by atoms with Gasteiger partial charge in [0.1, 0.15) is 11.6 Å². The molecule has 2 aromatic rings. The molecule has 0 aliphatic heterocycles. The van der Waals surface area contributed by atoms with Crippen LogP contribution in [0.5, 0.6) is 5.75 Å². The fourth-order valence-electron chi connectivity index (χ4n) is 2.01. The van der Waals surface area contributed by atoms with Crippen molar-refractivity contribution < 1.29 is 4.74 Å². The number of anilines is 1. The lowest BCUT2D eigenvalue weighted by Gasteiger charge is -2.14. The van der Waals surface area contributed by atoms with Gasteiger partial charge in [-0.05, 0) is 39.5 Å². The lowest BCUT2D eigenvalue weighted by atomic mass is 9.97. The van der Waals surface area contributed by atoms with Gasteiger partial charge in [-0.15, -0.1) is 0 Å². The van der Waals surface area contributed by atoms with E-state index in [1.165, 1.54) is 5.56 Å². The van der Waals surface area contributed by atoms with Gasteiger partial charge in [-0.3, -0.25) is 4.68 Å². The van der Waals surface area contributed by atoms with E-state index in [1.807, 2.05) is 7.05 Å². The van der Waals surface area contributed by atoms with Crippen molar-refractivity contribution in [2.45, 2.75) is 19.8 Å². The van der Waals surface area contributed by atoms with Gasteiger partial charge in [0.15, 0.2) is 0 Å². The zero-order valence-electron chi connectivity index (χ0n) is 11.6. The van der Waals surface area contributed by atoms with E-state index in [-0.39, 0.29) is 0 Å². The summed E-state index contributed by atoms with van der Waals surface area (Å²) in [6.07, 6.45) is 1.77. The number of aryl methyl sites for hydroxylation is 1. The highest BCUT2D eigenvalue weighted by molar-refractivity contribution is 9.10. The van der Waals surface area contributed by atoms with Crippen molar-refractivity contribution in [2.75, 3.05) is 12.8 Å². The van der Waals surface area contributed by atoms with Gasteiger partial charge in [-0.25, -0.2) is 0 Å². The number of hydrogen-bond donors (Lipinski definition) is 1. The van der Waals surface area contributed by atoms with E-state index >= 15 is 0 Å². The maximum Gasteiger partial charge on any atom is 0.141 e. The van der Waals surface area contributed by atoms with Crippen molar-refractivity contribution in [3.63, 3.8) is 0 Å². The van der Waals surface area contributed by atoms with Gasteiger partial charge < -0.3 is 10.5 Å². The molecule has 0 atom stereocenters. The zero-order chi connectivity index (χ0) is 14.2. The largest absolute Gasteiger partial charge is 0.495 e. The number of nitrogen functional groups attached to an aromatic ring is 1. The van der Waals surface area contributed by atoms with Crippen LogP contribution in [0.1, 0.15) is 25.3 Å². The molecule has 0 saturated heterocycles. The minimum absolute atomic E-state index is 0.429. The Morgan fingerprint density at radius 2 is 2.00 bits per heavy atom. The first-order valence-electron chi connectivity index (χ1n) is 6.11. The van der Waals surface area contributed by atoms with Crippen molar-refractivity contribution in [3.8, 4) is 16.9 Å². The van der Waals surface area contributed by atoms with Gasteiger partial charge >= 0.3 is 0 Å². The van der Waals surface area contributed by atoms with Crippen LogP contribution < -0.4 is 10.5 Å². The van der Waals surface area contributed by atoms with Gasteiger partial charge in [0.05, 0.1) is 17.8 Å². The minimum Gasteiger partial charge on any atom is -0.495 e. The van der Waals surface area contributed by atoms with Crippen LogP contribution in [-0.4, -0.2) is 16.9 Å². The Bertz CT molecular complexity index is 605. The maximum absolute atomic E-state index is 6.06. The van der Waals surface area contributed by atoms with E-state index in [2.05, 4.69) is 47.0 Å². The van der Waals surface area contributed by atoms with E-state index < -0.39 is 0 Å². The first-order chi connectivity index (χ1) is 8.95. The van der Waals surface area contributed by atoms with Crippen LogP contribution >= 0.6 is 15.9 Å². The molecule has 5 heteroatoms. The zero-order valence-corrected chi connectivity index (χ0v) is 13.2. The van der Waals surface area contributed by atoms with Crippen LogP contribution in [0.15, 0.2) is 22.8 Å². The lowest BCUT2D eigenvalue weighted by Crippen LogP contribution is -1.99.